The van der Waals surface area contributed by atoms with Crippen LogP contribution >= 0.6 is 0 Å². The lowest BCUT2D eigenvalue weighted by molar-refractivity contribution is 0.0504. The van der Waals surface area contributed by atoms with Crippen molar-refractivity contribution in [3.63, 3.8) is 0 Å². The molecule has 54 valence electrons. The van der Waals surface area contributed by atoms with Gasteiger partial charge in [-0.05, 0) is 6.92 Å². The van der Waals surface area contributed by atoms with Crippen molar-refractivity contribution in [3.8, 4) is 0 Å². The first-order chi connectivity index (χ1) is 4.09. The van der Waals surface area contributed by atoms with Crippen LogP contribution in [0.3, 0.4) is 0 Å². The van der Waals surface area contributed by atoms with Crippen LogP contribution in [0.5, 0.6) is 0 Å². The van der Waals surface area contributed by atoms with Gasteiger partial charge in [-0.15, -0.1) is 0 Å². The minimum atomic E-state index is -1.05. The van der Waals surface area contributed by atoms with E-state index in [1.54, 1.807) is 14.0 Å². The average molecular weight is 132 g/mol. The molecule has 0 fully saturated rings. The van der Waals surface area contributed by atoms with Crippen LogP contribution < -0.4 is 5.73 Å². The molecule has 0 aromatic carbocycles. The third kappa shape index (κ3) is 2.34. The first kappa shape index (κ1) is 8.26. The number of rotatable bonds is 2. The molecule has 0 unspecified atom stereocenters. The molecule has 9 heavy (non-hydrogen) atoms. The molecule has 0 bridgehead atoms. The first-order valence-electron chi connectivity index (χ1n) is 2.57. The lowest BCUT2D eigenvalue weighted by Gasteiger charge is -2.21. The summed E-state index contributed by atoms with van der Waals surface area (Å²) in [4.78, 5) is 1.33. The Labute approximate surface area is 54.2 Å². The number of hydrogen-bond acceptors (Lipinski definition) is 4. The molecule has 0 heterocycles. The van der Waals surface area contributed by atoms with Crippen molar-refractivity contribution in [1.29, 1.82) is 0 Å². The fraction of sp³-hybridized carbons (Fsp3) is 0.600. The summed E-state index contributed by atoms with van der Waals surface area (Å²) in [6.45, 7) is 1.64. The van der Waals surface area contributed by atoms with Gasteiger partial charge in [0.2, 0.25) is 0 Å². The second-order valence-corrected chi connectivity index (χ2v) is 1.79. The van der Waals surface area contributed by atoms with E-state index in [-0.39, 0.29) is 0 Å². The third-order valence-corrected chi connectivity index (χ3v) is 1.14. The van der Waals surface area contributed by atoms with Gasteiger partial charge in [0.1, 0.15) is 0 Å². The molecule has 0 saturated heterocycles. The minimum absolute atomic E-state index is 0.519. The van der Waals surface area contributed by atoms with Crippen molar-refractivity contribution in [2.75, 3.05) is 7.05 Å². The van der Waals surface area contributed by atoms with E-state index in [0.29, 0.717) is 5.70 Å². The highest BCUT2D eigenvalue weighted by atomic mass is 16.3. The number of allylic oxidation sites excluding steroid dienone is 1. The van der Waals surface area contributed by atoms with Crippen LogP contribution in [0.15, 0.2) is 12.0 Å². The zero-order valence-electron chi connectivity index (χ0n) is 5.57. The highest BCUT2D eigenvalue weighted by Gasteiger charge is 2.03. The van der Waals surface area contributed by atoms with Gasteiger partial charge in [-0.1, -0.05) is 0 Å². The lowest BCUT2D eigenvalue weighted by Crippen LogP contribution is -2.37. The quantitative estimate of drug-likeness (QED) is 0.352. The van der Waals surface area contributed by atoms with Gasteiger partial charge in [-0.25, -0.2) is 0 Å². The maximum Gasteiger partial charge on any atom is 0.181 e. The highest BCUT2D eigenvalue weighted by Crippen LogP contribution is 1.97. The molecule has 4 N–H and O–H groups in total. The molecule has 0 aliphatic carbocycles. The van der Waals surface area contributed by atoms with E-state index in [1.165, 1.54) is 4.90 Å². The molecule has 4 nitrogen and oxygen atoms in total. The Morgan fingerprint density at radius 3 is 2.33 bits per heavy atom. The summed E-state index contributed by atoms with van der Waals surface area (Å²) in [7, 11) is 1.58. The summed E-state index contributed by atoms with van der Waals surface area (Å²) in [6.07, 6.45) is -0.163. The van der Waals surface area contributed by atoms with Crippen molar-refractivity contribution in [3.05, 3.63) is 12.0 Å². The first-order valence-corrected chi connectivity index (χ1v) is 2.57. The van der Waals surface area contributed by atoms with Crippen molar-refractivity contribution in [2.24, 2.45) is 5.73 Å². The van der Waals surface area contributed by atoms with E-state index in [4.69, 9.17) is 15.9 Å². The van der Waals surface area contributed by atoms with Crippen LogP contribution in [0.2, 0.25) is 0 Å². The number of nitrogens with two attached hydrogens (primary N) is 1. The van der Waals surface area contributed by atoms with Crippen LogP contribution in [0.1, 0.15) is 6.92 Å². The number of aliphatic hydroxyl groups is 2. The molecular formula is C5H12N2O2. The van der Waals surface area contributed by atoms with E-state index in [0.717, 1.165) is 6.26 Å². The Balaban J connectivity index is 3.88. The number of nitrogens with zero attached hydrogens (tertiary/aromatic N) is 1. The Hall–Kier alpha value is -0.740. The Morgan fingerprint density at radius 2 is 2.22 bits per heavy atom. The summed E-state index contributed by atoms with van der Waals surface area (Å²) in [6, 6.07) is 0. The molecule has 0 aliphatic rings. The molecule has 0 saturated carbocycles. The average Bonchev–Trinajstić information content (AvgIpc) is 1.84. The summed E-state index contributed by atoms with van der Waals surface area (Å²) in [5.41, 5.74) is 5.56. The van der Waals surface area contributed by atoms with Gasteiger partial charge in [-0.3, -0.25) is 5.73 Å². The van der Waals surface area contributed by atoms with Crippen molar-refractivity contribution in [1.82, 2.24) is 4.90 Å². The van der Waals surface area contributed by atoms with E-state index >= 15 is 0 Å². The molecule has 0 radical (unpaired) electrons. The van der Waals surface area contributed by atoms with E-state index < -0.39 is 6.35 Å². The Morgan fingerprint density at radius 1 is 1.78 bits per heavy atom. The van der Waals surface area contributed by atoms with Crippen LogP contribution in [0.4, 0.5) is 0 Å². The van der Waals surface area contributed by atoms with Crippen molar-refractivity contribution < 1.29 is 10.2 Å². The topological polar surface area (TPSA) is 69.7 Å². The molecule has 0 spiro atoms. The zero-order valence-corrected chi connectivity index (χ0v) is 5.57. The predicted molar refractivity (Wildman–Crippen MR) is 34.3 cm³/mol. The normalized spacial score (nSPS) is 15.3. The maximum atomic E-state index is 8.67. The van der Waals surface area contributed by atoms with Gasteiger partial charge in [0.05, 0.1) is 6.26 Å². The van der Waals surface area contributed by atoms with Gasteiger partial charge in [0.25, 0.3) is 0 Å². The summed E-state index contributed by atoms with van der Waals surface area (Å²) in [5.74, 6) is 0. The van der Waals surface area contributed by atoms with E-state index in [2.05, 4.69) is 0 Å². The monoisotopic (exact) mass is 132 g/mol. The third-order valence-electron chi connectivity index (χ3n) is 1.14. The smallest absolute Gasteiger partial charge is 0.181 e. The molecular weight excluding hydrogens is 120 g/mol. The molecule has 0 aromatic heterocycles. The van der Waals surface area contributed by atoms with Crippen molar-refractivity contribution >= 4 is 0 Å². The van der Waals surface area contributed by atoms with Crippen LogP contribution in [0, 0.1) is 0 Å². The Kier molecular flexibility index (Phi) is 3.05. The highest BCUT2D eigenvalue weighted by molar-refractivity contribution is 4.89. The van der Waals surface area contributed by atoms with Gasteiger partial charge >= 0.3 is 0 Å². The molecule has 0 aromatic rings. The summed E-state index contributed by atoms with van der Waals surface area (Å²) >= 11 is 0. The number of aliphatic hydroxyl groups excluding tert-OH is 2. The van der Waals surface area contributed by atoms with Crippen LogP contribution in [-0.4, -0.2) is 28.5 Å². The van der Waals surface area contributed by atoms with Gasteiger partial charge in [0.15, 0.2) is 6.35 Å². The maximum absolute atomic E-state index is 8.67. The van der Waals surface area contributed by atoms with E-state index in [9.17, 15) is 0 Å². The van der Waals surface area contributed by atoms with Gasteiger partial charge in [-0.2, -0.15) is 0 Å². The lowest BCUT2D eigenvalue weighted by atomic mass is 10.5. The fourth-order valence-electron chi connectivity index (χ4n) is 0.300. The zero-order chi connectivity index (χ0) is 7.44. The molecule has 0 amide bonds. The second kappa shape index (κ2) is 3.32. The number of hydrogen-bond donors (Lipinski definition) is 3. The molecule has 0 rings (SSSR count). The second-order valence-electron chi connectivity index (χ2n) is 1.79. The predicted octanol–water partition coefficient (Wildman–Crippen LogP) is -0.428. The molecule has 4 heteroatoms. The largest absolute Gasteiger partial charge is 0.514 e. The minimum Gasteiger partial charge on any atom is -0.514 e. The fourth-order valence-corrected chi connectivity index (χ4v) is 0.300. The Bertz CT molecular complexity index is 112. The van der Waals surface area contributed by atoms with Crippen LogP contribution in [-0.2, 0) is 0 Å². The standard InChI is InChI=1S/C5H12N2O2/c1-4(3-8)7(2)5(6)9/h3,5,8-9H,6H2,1-2H3/b4-3+/t5-/m1/s1. The molecule has 1 atom stereocenters. The van der Waals surface area contributed by atoms with E-state index in [1.807, 2.05) is 0 Å². The summed E-state index contributed by atoms with van der Waals surface area (Å²) in [5, 5.41) is 17.1. The molecule has 0 aliphatic heterocycles. The van der Waals surface area contributed by atoms with Crippen LogP contribution in [0.25, 0.3) is 0 Å². The van der Waals surface area contributed by atoms with Gasteiger partial charge in [0, 0.05) is 12.7 Å². The van der Waals surface area contributed by atoms with Crippen molar-refractivity contribution in [2.45, 2.75) is 13.3 Å². The van der Waals surface area contributed by atoms with Gasteiger partial charge < -0.3 is 15.1 Å². The summed E-state index contributed by atoms with van der Waals surface area (Å²) < 4.78 is 0. The SMILES string of the molecule is C/C(=C\O)N(C)[C@@H](N)O.